The van der Waals surface area contributed by atoms with Crippen LogP contribution in [0.25, 0.3) is 0 Å². The zero-order valence-corrected chi connectivity index (χ0v) is 16.4. The minimum Gasteiger partial charge on any atom is -0.493 e. The number of nitrogens with one attached hydrogen (secondary N) is 1. The summed E-state index contributed by atoms with van der Waals surface area (Å²) in [7, 11) is 3.25. The number of rotatable bonds is 7. The molecule has 1 aromatic rings. The maximum Gasteiger partial charge on any atom is 0.220 e. The Bertz CT molecular complexity index is 702. The van der Waals surface area contributed by atoms with Crippen molar-refractivity contribution in [2.24, 2.45) is 17.3 Å². The van der Waals surface area contributed by atoms with Gasteiger partial charge in [-0.15, -0.1) is 0 Å². The van der Waals surface area contributed by atoms with Gasteiger partial charge in [0.1, 0.15) is 0 Å². The first-order valence-corrected chi connectivity index (χ1v) is 10.1. The first kappa shape index (κ1) is 18.6. The van der Waals surface area contributed by atoms with Crippen LogP contribution in [0.5, 0.6) is 11.5 Å². The lowest BCUT2D eigenvalue weighted by Gasteiger charge is -2.60. The molecule has 0 saturated heterocycles. The van der Waals surface area contributed by atoms with Crippen molar-refractivity contribution in [3.05, 3.63) is 23.8 Å². The Hall–Kier alpha value is -1.75. The summed E-state index contributed by atoms with van der Waals surface area (Å²) in [5, 5.41) is 13.9. The van der Waals surface area contributed by atoms with Gasteiger partial charge < -0.3 is 19.9 Å². The third-order valence-corrected chi connectivity index (χ3v) is 6.87. The molecule has 0 heterocycles. The molecule has 0 aromatic heterocycles. The van der Waals surface area contributed by atoms with Crippen LogP contribution in [0.4, 0.5) is 0 Å². The van der Waals surface area contributed by atoms with Crippen molar-refractivity contribution in [2.75, 3.05) is 20.8 Å². The van der Waals surface area contributed by atoms with E-state index in [0.717, 1.165) is 44.1 Å². The van der Waals surface area contributed by atoms with Gasteiger partial charge in [0.05, 0.1) is 19.8 Å². The number of amides is 1. The highest BCUT2D eigenvalue weighted by molar-refractivity contribution is 5.76. The number of benzene rings is 1. The lowest BCUT2D eigenvalue weighted by Crippen LogP contribution is -2.56. The summed E-state index contributed by atoms with van der Waals surface area (Å²) in [6.07, 6.45) is 7.53. The highest BCUT2D eigenvalue weighted by atomic mass is 16.5. The predicted molar refractivity (Wildman–Crippen MR) is 103 cm³/mol. The Morgan fingerprint density at radius 3 is 2.48 bits per heavy atom. The lowest BCUT2D eigenvalue weighted by molar-refractivity contribution is -0.169. The molecule has 5 heteroatoms. The molecule has 5 nitrogen and oxygen atoms in total. The fourth-order valence-corrected chi connectivity index (χ4v) is 6.39. The van der Waals surface area contributed by atoms with Crippen molar-refractivity contribution < 1.29 is 19.4 Å². The summed E-state index contributed by atoms with van der Waals surface area (Å²) in [5.74, 6) is 2.79. The Kier molecular flexibility index (Phi) is 4.83. The molecule has 2 N–H and O–H groups in total. The molecule has 5 rings (SSSR count). The molecule has 4 bridgehead atoms. The first-order valence-electron chi connectivity index (χ1n) is 10.1. The largest absolute Gasteiger partial charge is 0.493 e. The van der Waals surface area contributed by atoms with E-state index in [9.17, 15) is 9.90 Å². The van der Waals surface area contributed by atoms with E-state index in [0.29, 0.717) is 36.3 Å². The van der Waals surface area contributed by atoms with Crippen LogP contribution < -0.4 is 14.8 Å². The van der Waals surface area contributed by atoms with Crippen LogP contribution in [0.3, 0.4) is 0 Å². The third kappa shape index (κ3) is 3.79. The maximum atomic E-state index is 12.6. The Morgan fingerprint density at radius 1 is 1.15 bits per heavy atom. The van der Waals surface area contributed by atoms with E-state index in [1.165, 1.54) is 6.42 Å². The first-order chi connectivity index (χ1) is 12.9. The van der Waals surface area contributed by atoms with Crippen LogP contribution in [-0.2, 0) is 11.2 Å². The van der Waals surface area contributed by atoms with Gasteiger partial charge in [0.2, 0.25) is 5.91 Å². The zero-order chi connectivity index (χ0) is 19.1. The number of hydrogen-bond donors (Lipinski definition) is 2. The van der Waals surface area contributed by atoms with Crippen LogP contribution in [0, 0.1) is 17.3 Å². The molecule has 27 heavy (non-hydrogen) atoms. The zero-order valence-electron chi connectivity index (χ0n) is 16.4. The topological polar surface area (TPSA) is 67.8 Å². The number of carbonyl (C=O) groups excluding carboxylic acids is 1. The minimum atomic E-state index is -0.496. The summed E-state index contributed by atoms with van der Waals surface area (Å²) >= 11 is 0. The summed E-state index contributed by atoms with van der Waals surface area (Å²) in [6, 6.07) is 5.85. The summed E-state index contributed by atoms with van der Waals surface area (Å²) in [5.41, 5.74) is 0.646. The predicted octanol–water partition coefficient (Wildman–Crippen LogP) is 3.08. The average molecular weight is 373 g/mol. The van der Waals surface area contributed by atoms with E-state index in [1.54, 1.807) is 14.2 Å². The summed E-state index contributed by atoms with van der Waals surface area (Å²) in [4.78, 5) is 12.6. The van der Waals surface area contributed by atoms with Crippen molar-refractivity contribution in [1.29, 1.82) is 0 Å². The highest BCUT2D eigenvalue weighted by Gasteiger charge is 2.57. The van der Waals surface area contributed by atoms with E-state index < -0.39 is 5.60 Å². The van der Waals surface area contributed by atoms with E-state index in [1.807, 2.05) is 18.2 Å². The molecule has 0 aliphatic heterocycles. The average Bonchev–Trinajstić information content (AvgIpc) is 2.58. The van der Waals surface area contributed by atoms with Gasteiger partial charge in [0.15, 0.2) is 11.5 Å². The van der Waals surface area contributed by atoms with E-state index in [4.69, 9.17) is 9.47 Å². The SMILES string of the molecule is COc1ccc(CCNC(=O)CC23C[C@@H]4C[C@@H](CC(O)(C4)C2)C3)cc1OC. The highest BCUT2D eigenvalue weighted by Crippen LogP contribution is 2.62. The molecular formula is C22H31NO4. The van der Waals surface area contributed by atoms with Crippen LogP contribution in [0.15, 0.2) is 18.2 Å². The van der Waals surface area contributed by atoms with Crippen molar-refractivity contribution >= 4 is 5.91 Å². The molecule has 0 spiro atoms. The van der Waals surface area contributed by atoms with Crippen LogP contribution in [-0.4, -0.2) is 37.4 Å². The molecule has 148 valence electrons. The van der Waals surface area contributed by atoms with Crippen molar-refractivity contribution in [3.63, 3.8) is 0 Å². The molecule has 4 saturated carbocycles. The van der Waals surface area contributed by atoms with Gasteiger partial charge in [0.25, 0.3) is 0 Å². The van der Waals surface area contributed by atoms with Gasteiger partial charge >= 0.3 is 0 Å². The van der Waals surface area contributed by atoms with Gasteiger partial charge in [-0.3, -0.25) is 4.79 Å². The van der Waals surface area contributed by atoms with Gasteiger partial charge in [-0.05, 0) is 79.9 Å². The molecule has 4 fully saturated rings. The second-order valence-electron chi connectivity index (χ2n) is 9.15. The minimum absolute atomic E-state index is 0.0340. The number of carbonyl (C=O) groups is 1. The molecule has 4 aliphatic rings. The van der Waals surface area contributed by atoms with Gasteiger partial charge in [-0.25, -0.2) is 0 Å². The Morgan fingerprint density at radius 2 is 1.85 bits per heavy atom. The molecular weight excluding hydrogens is 342 g/mol. The molecule has 2 unspecified atom stereocenters. The maximum absolute atomic E-state index is 12.6. The number of hydrogen-bond acceptors (Lipinski definition) is 4. The van der Waals surface area contributed by atoms with Crippen LogP contribution in [0.2, 0.25) is 0 Å². The van der Waals surface area contributed by atoms with E-state index >= 15 is 0 Å². The number of aliphatic hydroxyl groups is 1. The van der Waals surface area contributed by atoms with Crippen molar-refractivity contribution in [2.45, 2.75) is 57.0 Å². The summed E-state index contributed by atoms with van der Waals surface area (Å²) in [6.45, 7) is 0.613. The number of methoxy groups -OCH3 is 2. The molecule has 4 aliphatic carbocycles. The Labute approximate surface area is 161 Å². The molecule has 1 amide bonds. The normalized spacial score (nSPS) is 33.7. The van der Waals surface area contributed by atoms with E-state index in [2.05, 4.69) is 5.32 Å². The van der Waals surface area contributed by atoms with E-state index in [-0.39, 0.29) is 11.3 Å². The fraction of sp³-hybridized carbons (Fsp3) is 0.682. The van der Waals surface area contributed by atoms with Crippen LogP contribution >= 0.6 is 0 Å². The van der Waals surface area contributed by atoms with Gasteiger partial charge in [-0.1, -0.05) is 6.07 Å². The standard InChI is InChI=1S/C22H31NO4/c1-26-18-4-3-15(8-19(18)27-2)5-6-23-20(24)13-21-9-16-7-17(10-21)12-22(25,11-16)14-21/h3-4,8,16-17,25H,5-7,9-14H2,1-2H3,(H,23,24)/t16-,17+,21?,22?. The summed E-state index contributed by atoms with van der Waals surface area (Å²) < 4.78 is 10.6. The van der Waals surface area contributed by atoms with Crippen molar-refractivity contribution in [1.82, 2.24) is 5.32 Å². The molecule has 0 radical (unpaired) electrons. The van der Waals surface area contributed by atoms with Crippen molar-refractivity contribution in [3.8, 4) is 11.5 Å². The second kappa shape index (κ2) is 7.01. The fourth-order valence-electron chi connectivity index (χ4n) is 6.39. The van der Waals surface area contributed by atoms with Crippen LogP contribution in [0.1, 0.15) is 50.5 Å². The quantitative estimate of drug-likeness (QED) is 0.771. The Balaban J connectivity index is 1.30. The second-order valence-corrected chi connectivity index (χ2v) is 9.15. The smallest absolute Gasteiger partial charge is 0.220 e. The lowest BCUT2D eigenvalue weighted by atomic mass is 9.47. The number of ether oxygens (including phenoxy) is 2. The van der Waals surface area contributed by atoms with Gasteiger partial charge in [-0.2, -0.15) is 0 Å². The van der Waals surface area contributed by atoms with Gasteiger partial charge in [0, 0.05) is 13.0 Å². The third-order valence-electron chi connectivity index (χ3n) is 6.87. The molecule has 1 aromatic carbocycles. The molecule has 4 atom stereocenters. The monoisotopic (exact) mass is 373 g/mol.